The summed E-state index contributed by atoms with van der Waals surface area (Å²) < 4.78 is 0. The summed E-state index contributed by atoms with van der Waals surface area (Å²) in [6.07, 6.45) is -0.250. The van der Waals surface area contributed by atoms with Crippen molar-refractivity contribution >= 4 is 23.6 Å². The number of hydrogen-bond acceptors (Lipinski definition) is 4. The van der Waals surface area contributed by atoms with Gasteiger partial charge in [-0.05, 0) is 24.6 Å². The summed E-state index contributed by atoms with van der Waals surface area (Å²) >= 11 is 0. The van der Waals surface area contributed by atoms with Crippen molar-refractivity contribution in [3.8, 4) is 0 Å². The van der Waals surface area contributed by atoms with Crippen molar-refractivity contribution in [2.75, 3.05) is 18.4 Å². The Morgan fingerprint density at radius 2 is 1.76 bits per heavy atom. The van der Waals surface area contributed by atoms with Gasteiger partial charge in [0.15, 0.2) is 0 Å². The zero-order valence-corrected chi connectivity index (χ0v) is 16.1. The molecule has 1 heterocycles. The highest BCUT2D eigenvalue weighted by molar-refractivity contribution is 5.94. The van der Waals surface area contributed by atoms with Gasteiger partial charge < -0.3 is 15.3 Å². The highest BCUT2D eigenvalue weighted by Crippen LogP contribution is 2.26. The van der Waals surface area contributed by atoms with E-state index >= 15 is 0 Å². The van der Waals surface area contributed by atoms with Gasteiger partial charge in [-0.3, -0.25) is 14.6 Å². The summed E-state index contributed by atoms with van der Waals surface area (Å²) in [5.41, 5.74) is 4.43. The van der Waals surface area contributed by atoms with Crippen molar-refractivity contribution in [2.45, 2.75) is 25.4 Å². The largest absolute Gasteiger partial charge is 0.481 e. The van der Waals surface area contributed by atoms with Crippen molar-refractivity contribution in [3.05, 3.63) is 66.2 Å². The number of para-hydroxylation sites is 1. The van der Waals surface area contributed by atoms with Gasteiger partial charge in [0.25, 0.3) is 0 Å². The molecule has 1 aliphatic heterocycles. The Balaban J connectivity index is 1.76. The summed E-state index contributed by atoms with van der Waals surface area (Å²) in [5, 5.41) is 13.5. The molecule has 3 amide bonds. The molecule has 0 saturated carbocycles. The quantitative estimate of drug-likeness (QED) is 0.667. The number of nitrogens with one attached hydrogen (secondary N) is 2. The molecule has 29 heavy (non-hydrogen) atoms. The van der Waals surface area contributed by atoms with E-state index in [-0.39, 0.29) is 24.9 Å². The maximum Gasteiger partial charge on any atom is 0.335 e. The van der Waals surface area contributed by atoms with E-state index in [0.717, 1.165) is 0 Å². The number of aliphatic carboxylic acids is 1. The Morgan fingerprint density at radius 3 is 2.38 bits per heavy atom. The van der Waals surface area contributed by atoms with Crippen LogP contribution in [0.1, 0.15) is 24.9 Å². The Bertz CT molecular complexity index is 859. The lowest BCUT2D eigenvalue weighted by Gasteiger charge is -2.42. The Morgan fingerprint density at radius 1 is 1.14 bits per heavy atom. The van der Waals surface area contributed by atoms with E-state index in [1.165, 1.54) is 9.91 Å². The van der Waals surface area contributed by atoms with Crippen LogP contribution in [0.25, 0.3) is 0 Å². The Kier molecular flexibility index (Phi) is 6.46. The summed E-state index contributed by atoms with van der Waals surface area (Å²) in [6.45, 7) is 2.10. The highest BCUT2D eigenvalue weighted by atomic mass is 16.4. The Labute approximate surface area is 169 Å². The van der Waals surface area contributed by atoms with E-state index in [1.807, 2.05) is 31.2 Å². The zero-order valence-electron chi connectivity index (χ0n) is 16.1. The lowest BCUT2D eigenvalue weighted by atomic mass is 10.0. The van der Waals surface area contributed by atoms with Crippen LogP contribution in [0, 0.1) is 0 Å². The summed E-state index contributed by atoms with van der Waals surface area (Å²) in [4.78, 5) is 38.4. The van der Waals surface area contributed by atoms with Gasteiger partial charge in [0.05, 0.1) is 12.5 Å². The monoisotopic (exact) mass is 396 g/mol. The number of carboxylic acid groups (broad SMARTS) is 1. The predicted octanol–water partition coefficient (Wildman–Crippen LogP) is 2.47. The first-order valence-corrected chi connectivity index (χ1v) is 9.40. The first-order chi connectivity index (χ1) is 13.9. The second-order valence-corrected chi connectivity index (χ2v) is 7.00. The standard InChI is InChI=1S/C21H24N4O4/c1-15-13-24(14-19(26)22-17-10-6-3-7-11-17)21(29)25(23-15)18(12-20(27)28)16-8-4-2-5-9-16/h2-11,15,18,23H,12-14H2,1H3,(H,22,26)(H,27,28). The number of benzene rings is 2. The molecule has 8 heteroatoms. The van der Waals surface area contributed by atoms with Gasteiger partial charge >= 0.3 is 12.0 Å². The molecule has 2 aromatic carbocycles. The first-order valence-electron chi connectivity index (χ1n) is 9.40. The second-order valence-electron chi connectivity index (χ2n) is 7.00. The van der Waals surface area contributed by atoms with E-state index < -0.39 is 18.0 Å². The molecular formula is C21H24N4O4. The topological polar surface area (TPSA) is 102 Å². The van der Waals surface area contributed by atoms with Gasteiger partial charge in [-0.25, -0.2) is 10.2 Å². The van der Waals surface area contributed by atoms with Gasteiger partial charge in [0, 0.05) is 18.3 Å². The van der Waals surface area contributed by atoms with Gasteiger partial charge in [-0.1, -0.05) is 48.5 Å². The lowest BCUT2D eigenvalue weighted by Crippen LogP contribution is -2.63. The maximum absolute atomic E-state index is 13.1. The van der Waals surface area contributed by atoms with Crippen molar-refractivity contribution < 1.29 is 19.5 Å². The molecule has 2 unspecified atom stereocenters. The number of amides is 3. The number of carboxylic acids is 1. The van der Waals surface area contributed by atoms with Crippen LogP contribution < -0.4 is 10.7 Å². The molecule has 0 bridgehead atoms. The number of rotatable bonds is 7. The minimum atomic E-state index is -1.01. The number of carbonyl (C=O) groups is 3. The fourth-order valence-electron chi connectivity index (χ4n) is 3.34. The van der Waals surface area contributed by atoms with Crippen LogP contribution >= 0.6 is 0 Å². The van der Waals surface area contributed by atoms with Crippen LogP contribution in [0.15, 0.2) is 60.7 Å². The van der Waals surface area contributed by atoms with Crippen LogP contribution in [-0.2, 0) is 9.59 Å². The second kappa shape index (κ2) is 9.20. The molecule has 1 saturated heterocycles. The lowest BCUT2D eigenvalue weighted by molar-refractivity contribution is -0.138. The van der Waals surface area contributed by atoms with Crippen LogP contribution in [0.4, 0.5) is 10.5 Å². The molecule has 3 N–H and O–H groups in total. The molecule has 1 fully saturated rings. The summed E-state index contributed by atoms with van der Waals surface area (Å²) in [5.74, 6) is -1.33. The molecular weight excluding hydrogens is 372 g/mol. The van der Waals surface area contributed by atoms with Gasteiger partial charge in [-0.2, -0.15) is 0 Å². The van der Waals surface area contributed by atoms with E-state index in [2.05, 4.69) is 10.7 Å². The molecule has 3 rings (SSSR count). The van der Waals surface area contributed by atoms with Gasteiger partial charge in [0.1, 0.15) is 6.54 Å². The zero-order chi connectivity index (χ0) is 20.8. The molecule has 1 aliphatic rings. The van der Waals surface area contributed by atoms with Crippen molar-refractivity contribution in [3.63, 3.8) is 0 Å². The third-order valence-electron chi connectivity index (χ3n) is 4.59. The van der Waals surface area contributed by atoms with Crippen molar-refractivity contribution in [1.82, 2.24) is 15.3 Å². The third-order valence-corrected chi connectivity index (χ3v) is 4.59. The smallest absolute Gasteiger partial charge is 0.335 e. The SMILES string of the molecule is CC1CN(CC(=O)Nc2ccccc2)C(=O)N(C(CC(=O)O)c2ccccc2)N1. The Hall–Kier alpha value is -3.39. The number of urea groups is 1. The summed E-state index contributed by atoms with van der Waals surface area (Å²) in [6, 6.07) is 16.7. The van der Waals surface area contributed by atoms with E-state index in [1.54, 1.807) is 36.4 Å². The van der Waals surface area contributed by atoms with Gasteiger partial charge in [0.2, 0.25) is 5.91 Å². The molecule has 8 nitrogen and oxygen atoms in total. The normalized spacial score (nSPS) is 17.7. The maximum atomic E-state index is 13.1. The van der Waals surface area contributed by atoms with Crippen molar-refractivity contribution in [1.29, 1.82) is 0 Å². The van der Waals surface area contributed by atoms with Crippen molar-refractivity contribution in [2.24, 2.45) is 0 Å². The number of nitrogens with zero attached hydrogens (tertiary/aromatic N) is 2. The summed E-state index contributed by atoms with van der Waals surface area (Å²) in [7, 11) is 0. The predicted molar refractivity (Wildman–Crippen MR) is 108 cm³/mol. The molecule has 2 aromatic rings. The minimum Gasteiger partial charge on any atom is -0.481 e. The number of anilines is 1. The fraction of sp³-hybridized carbons (Fsp3) is 0.286. The highest BCUT2D eigenvalue weighted by Gasteiger charge is 2.36. The molecule has 0 aromatic heterocycles. The number of hydrogen-bond donors (Lipinski definition) is 3. The molecule has 2 atom stereocenters. The van der Waals surface area contributed by atoms with Gasteiger partial charge in [-0.15, -0.1) is 0 Å². The number of carbonyl (C=O) groups excluding carboxylic acids is 2. The van der Waals surface area contributed by atoms with Crippen LogP contribution in [0.5, 0.6) is 0 Å². The number of hydrazine groups is 1. The van der Waals surface area contributed by atoms with E-state index in [9.17, 15) is 19.5 Å². The molecule has 152 valence electrons. The van der Waals surface area contributed by atoms with Crippen LogP contribution in [0.2, 0.25) is 0 Å². The van der Waals surface area contributed by atoms with Crippen LogP contribution in [-0.4, -0.2) is 52.1 Å². The average molecular weight is 396 g/mol. The third kappa shape index (κ3) is 5.32. The van der Waals surface area contributed by atoms with E-state index in [0.29, 0.717) is 17.8 Å². The molecule has 0 spiro atoms. The van der Waals surface area contributed by atoms with Crippen LogP contribution in [0.3, 0.4) is 0 Å². The van der Waals surface area contributed by atoms with E-state index in [4.69, 9.17) is 0 Å². The minimum absolute atomic E-state index is 0.120. The molecule has 0 aliphatic carbocycles. The average Bonchev–Trinajstić information content (AvgIpc) is 2.70. The fourth-order valence-corrected chi connectivity index (χ4v) is 3.34. The first kappa shape index (κ1) is 20.3. The molecule has 0 radical (unpaired) electrons.